The Kier molecular flexibility index (Phi) is 4.03. The van der Waals surface area contributed by atoms with Gasteiger partial charge >= 0.3 is 0 Å². The first-order chi connectivity index (χ1) is 11.4. The number of rotatable bonds is 4. The number of hydrogen-bond donors (Lipinski definition) is 0. The van der Waals surface area contributed by atoms with Crippen LogP contribution < -0.4 is 0 Å². The molecule has 0 amide bonds. The van der Waals surface area contributed by atoms with E-state index < -0.39 is 0 Å². The van der Waals surface area contributed by atoms with Gasteiger partial charge in [-0.05, 0) is 54.0 Å². The lowest BCUT2D eigenvalue weighted by Crippen LogP contribution is -2.20. The summed E-state index contributed by atoms with van der Waals surface area (Å²) >= 11 is 0. The highest BCUT2D eigenvalue weighted by molar-refractivity contribution is 5.84. The zero-order valence-corrected chi connectivity index (χ0v) is 13.2. The van der Waals surface area contributed by atoms with Crippen molar-refractivity contribution in [2.45, 2.75) is 19.4 Å². The minimum absolute atomic E-state index is 0.726. The van der Waals surface area contributed by atoms with Crippen molar-refractivity contribution in [1.82, 2.24) is 14.9 Å². The molecule has 3 heteroatoms. The second-order valence-corrected chi connectivity index (χ2v) is 6.47. The third-order valence-corrected chi connectivity index (χ3v) is 4.78. The number of aromatic nitrogens is 2. The van der Waals surface area contributed by atoms with Crippen LogP contribution >= 0.6 is 0 Å². The molecule has 116 valence electrons. The molecule has 0 unspecified atom stereocenters. The average molecular weight is 303 g/mol. The van der Waals surface area contributed by atoms with Crippen LogP contribution in [0.15, 0.2) is 61.2 Å². The molecular formula is C20H21N3. The Bertz CT molecular complexity index is 780. The highest BCUT2D eigenvalue weighted by Crippen LogP contribution is 2.25. The first-order valence-electron chi connectivity index (χ1n) is 8.31. The Morgan fingerprint density at radius 1 is 1.00 bits per heavy atom. The first-order valence-corrected chi connectivity index (χ1v) is 8.31. The molecular weight excluding hydrogens is 282 g/mol. The van der Waals surface area contributed by atoms with Gasteiger partial charge in [0.05, 0.1) is 0 Å². The van der Waals surface area contributed by atoms with Crippen molar-refractivity contribution in [1.29, 1.82) is 0 Å². The van der Waals surface area contributed by atoms with Crippen molar-refractivity contribution in [3.63, 3.8) is 0 Å². The van der Waals surface area contributed by atoms with Gasteiger partial charge in [0.25, 0.3) is 0 Å². The Labute approximate surface area is 137 Å². The van der Waals surface area contributed by atoms with E-state index in [0.717, 1.165) is 18.9 Å². The third kappa shape index (κ3) is 3.25. The third-order valence-electron chi connectivity index (χ3n) is 4.78. The molecule has 3 nitrogen and oxygen atoms in total. The summed E-state index contributed by atoms with van der Waals surface area (Å²) in [5.74, 6) is 0.726. The molecule has 23 heavy (non-hydrogen) atoms. The molecule has 0 saturated carbocycles. The topological polar surface area (TPSA) is 29.0 Å². The Morgan fingerprint density at radius 3 is 2.78 bits per heavy atom. The summed E-state index contributed by atoms with van der Waals surface area (Å²) in [6.07, 6.45) is 10.2. The summed E-state index contributed by atoms with van der Waals surface area (Å²) in [5, 5.41) is 2.60. The van der Waals surface area contributed by atoms with Crippen LogP contribution in [0.5, 0.6) is 0 Å². The summed E-state index contributed by atoms with van der Waals surface area (Å²) < 4.78 is 0. The summed E-state index contributed by atoms with van der Waals surface area (Å²) in [5.41, 5.74) is 2.74. The first kappa shape index (κ1) is 14.3. The van der Waals surface area contributed by atoms with Gasteiger partial charge in [0.15, 0.2) is 0 Å². The molecule has 1 saturated heterocycles. The van der Waals surface area contributed by atoms with E-state index in [2.05, 4.69) is 51.3 Å². The number of pyridine rings is 2. The van der Waals surface area contributed by atoms with E-state index in [1.807, 2.05) is 24.8 Å². The minimum Gasteiger partial charge on any atom is -0.299 e. The monoisotopic (exact) mass is 303 g/mol. The molecule has 2 aromatic heterocycles. The highest BCUT2D eigenvalue weighted by atomic mass is 15.1. The number of fused-ring (bicyclic) bond motifs is 1. The van der Waals surface area contributed by atoms with Gasteiger partial charge in [0.1, 0.15) is 0 Å². The van der Waals surface area contributed by atoms with Gasteiger partial charge in [0.2, 0.25) is 0 Å². The minimum atomic E-state index is 0.726. The lowest BCUT2D eigenvalue weighted by atomic mass is 9.96. The van der Waals surface area contributed by atoms with E-state index >= 15 is 0 Å². The summed E-state index contributed by atoms with van der Waals surface area (Å²) in [6, 6.07) is 12.8. The normalized spacial score (nSPS) is 18.5. The van der Waals surface area contributed by atoms with Crippen molar-refractivity contribution >= 4 is 10.8 Å². The second kappa shape index (κ2) is 6.47. The molecule has 1 aliphatic heterocycles. The van der Waals surface area contributed by atoms with Crippen LogP contribution in [-0.2, 0) is 13.0 Å². The Balaban J connectivity index is 1.44. The Morgan fingerprint density at radius 2 is 1.87 bits per heavy atom. The van der Waals surface area contributed by atoms with E-state index in [0.29, 0.717) is 0 Å². The van der Waals surface area contributed by atoms with Gasteiger partial charge in [-0.1, -0.05) is 24.3 Å². The molecule has 0 N–H and O–H groups in total. The molecule has 0 aliphatic carbocycles. The highest BCUT2D eigenvalue weighted by Gasteiger charge is 2.23. The van der Waals surface area contributed by atoms with Crippen molar-refractivity contribution in [2.75, 3.05) is 13.1 Å². The number of likely N-dealkylation sites (tertiary alicyclic amines) is 1. The molecule has 0 bridgehead atoms. The largest absolute Gasteiger partial charge is 0.299 e. The van der Waals surface area contributed by atoms with Crippen LogP contribution in [0.2, 0.25) is 0 Å². The van der Waals surface area contributed by atoms with Gasteiger partial charge in [-0.25, -0.2) is 0 Å². The molecule has 4 rings (SSSR count). The lowest BCUT2D eigenvalue weighted by molar-refractivity contribution is 0.316. The number of nitrogens with zero attached hydrogens (tertiary/aromatic N) is 3. The van der Waals surface area contributed by atoms with Crippen molar-refractivity contribution in [3.8, 4) is 0 Å². The molecule has 0 radical (unpaired) electrons. The van der Waals surface area contributed by atoms with Crippen molar-refractivity contribution < 1.29 is 0 Å². The molecule has 1 fully saturated rings. The maximum absolute atomic E-state index is 4.42. The van der Waals surface area contributed by atoms with E-state index in [1.54, 1.807) is 0 Å². The van der Waals surface area contributed by atoms with E-state index in [-0.39, 0.29) is 0 Å². The van der Waals surface area contributed by atoms with Crippen LogP contribution in [0.1, 0.15) is 17.5 Å². The molecule has 1 aromatic carbocycles. The standard InChI is InChI=1S/C20H21N3/c1-2-4-20-18(3-1)12-22-13-19(20)11-17-7-10-23(15-17)14-16-5-8-21-9-6-16/h1-6,8-9,12-13,17H,7,10-11,14-15H2/t17-/m1/s1. The molecule has 1 atom stereocenters. The summed E-state index contributed by atoms with van der Waals surface area (Å²) in [7, 11) is 0. The van der Waals surface area contributed by atoms with E-state index in [9.17, 15) is 0 Å². The number of hydrogen-bond acceptors (Lipinski definition) is 3. The van der Waals surface area contributed by atoms with E-state index in [4.69, 9.17) is 0 Å². The van der Waals surface area contributed by atoms with Crippen LogP contribution in [0.25, 0.3) is 10.8 Å². The average Bonchev–Trinajstić information content (AvgIpc) is 3.03. The molecule has 3 heterocycles. The van der Waals surface area contributed by atoms with Gasteiger partial charge < -0.3 is 0 Å². The van der Waals surface area contributed by atoms with Crippen LogP contribution in [0.4, 0.5) is 0 Å². The van der Waals surface area contributed by atoms with Crippen molar-refractivity contribution in [2.24, 2.45) is 5.92 Å². The van der Waals surface area contributed by atoms with Gasteiger partial charge in [-0.3, -0.25) is 14.9 Å². The van der Waals surface area contributed by atoms with Gasteiger partial charge in [-0.15, -0.1) is 0 Å². The van der Waals surface area contributed by atoms with Crippen LogP contribution in [-0.4, -0.2) is 28.0 Å². The summed E-state index contributed by atoms with van der Waals surface area (Å²) in [4.78, 5) is 11.1. The summed E-state index contributed by atoms with van der Waals surface area (Å²) in [6.45, 7) is 3.39. The van der Waals surface area contributed by atoms with E-state index in [1.165, 1.54) is 41.4 Å². The zero-order valence-electron chi connectivity index (χ0n) is 13.2. The maximum atomic E-state index is 4.42. The predicted molar refractivity (Wildman–Crippen MR) is 93.1 cm³/mol. The second-order valence-electron chi connectivity index (χ2n) is 6.47. The maximum Gasteiger partial charge on any atom is 0.0346 e. The predicted octanol–water partition coefficient (Wildman–Crippen LogP) is 3.69. The molecule has 1 aliphatic rings. The van der Waals surface area contributed by atoms with Crippen LogP contribution in [0, 0.1) is 5.92 Å². The van der Waals surface area contributed by atoms with Gasteiger partial charge in [-0.2, -0.15) is 0 Å². The van der Waals surface area contributed by atoms with Crippen molar-refractivity contribution in [3.05, 3.63) is 72.3 Å². The lowest BCUT2D eigenvalue weighted by Gasteiger charge is -2.16. The van der Waals surface area contributed by atoms with Crippen LogP contribution in [0.3, 0.4) is 0 Å². The zero-order chi connectivity index (χ0) is 15.5. The fourth-order valence-electron chi connectivity index (χ4n) is 3.62. The fourth-order valence-corrected chi connectivity index (χ4v) is 3.62. The molecule has 0 spiro atoms. The smallest absolute Gasteiger partial charge is 0.0346 e. The molecule has 3 aromatic rings. The van der Waals surface area contributed by atoms with Gasteiger partial charge in [0, 0.05) is 43.3 Å². The number of benzene rings is 1. The Hall–Kier alpha value is -2.26. The quantitative estimate of drug-likeness (QED) is 0.736. The fraction of sp³-hybridized carbons (Fsp3) is 0.300. The SMILES string of the molecule is c1ccc2c(C[C@H]3CCN(Cc4ccncc4)C3)cncc2c1.